The summed E-state index contributed by atoms with van der Waals surface area (Å²) < 4.78 is 3.77. The molecule has 4 heterocycles. The van der Waals surface area contributed by atoms with E-state index in [1.54, 1.807) is 12.7 Å². The summed E-state index contributed by atoms with van der Waals surface area (Å²) in [5.74, 6) is 0.0700. The van der Waals surface area contributed by atoms with Crippen LogP contribution in [0.2, 0.25) is 5.02 Å². The number of rotatable bonds is 3. The van der Waals surface area contributed by atoms with Crippen LogP contribution in [0, 0.1) is 0 Å². The molecule has 0 unspecified atom stereocenters. The third kappa shape index (κ3) is 3.35. The number of amides is 1. The third-order valence-corrected chi connectivity index (χ3v) is 7.07. The molecule has 7 nitrogen and oxygen atoms in total. The van der Waals surface area contributed by atoms with Crippen molar-refractivity contribution in [1.82, 2.24) is 29.4 Å². The number of halogens is 1. The van der Waals surface area contributed by atoms with Crippen molar-refractivity contribution in [3.63, 3.8) is 0 Å². The van der Waals surface area contributed by atoms with E-state index in [0.717, 1.165) is 48.3 Å². The van der Waals surface area contributed by atoms with Gasteiger partial charge in [-0.25, -0.2) is 0 Å². The maximum Gasteiger partial charge on any atom is 0.254 e. The Hall–Kier alpha value is -3.45. The topological polar surface area (TPSA) is 68.8 Å². The molecule has 1 amide bonds. The zero-order valence-corrected chi connectivity index (χ0v) is 19.0. The Balaban J connectivity index is 1.36. The predicted molar refractivity (Wildman–Crippen MR) is 125 cm³/mol. The van der Waals surface area contributed by atoms with Gasteiger partial charge >= 0.3 is 0 Å². The molecule has 0 radical (unpaired) electrons. The number of piperidine rings is 1. The first-order valence-electron chi connectivity index (χ1n) is 11.2. The van der Waals surface area contributed by atoms with Crippen LogP contribution in [0.15, 0.2) is 61.2 Å². The van der Waals surface area contributed by atoms with Crippen LogP contribution >= 0.6 is 11.6 Å². The van der Waals surface area contributed by atoms with E-state index in [2.05, 4.69) is 21.2 Å². The van der Waals surface area contributed by atoms with Crippen LogP contribution in [-0.2, 0) is 13.5 Å². The number of benzene rings is 2. The molecule has 0 spiro atoms. The van der Waals surface area contributed by atoms with Gasteiger partial charge in [0.2, 0.25) is 0 Å². The van der Waals surface area contributed by atoms with Crippen LogP contribution < -0.4 is 0 Å². The molecule has 0 saturated carbocycles. The molecule has 2 aliphatic heterocycles. The maximum absolute atomic E-state index is 13.7. The lowest BCUT2D eigenvalue weighted by Crippen LogP contribution is -2.49. The second kappa shape index (κ2) is 7.85. The fraction of sp³-hybridized carbons (Fsp3) is 0.280. The first-order chi connectivity index (χ1) is 16.1. The molecule has 2 atom stereocenters. The molecule has 0 aliphatic carbocycles. The van der Waals surface area contributed by atoms with Crippen molar-refractivity contribution < 1.29 is 4.79 Å². The smallest absolute Gasteiger partial charge is 0.254 e. The summed E-state index contributed by atoms with van der Waals surface area (Å²) in [7, 11) is 1.98. The lowest BCUT2D eigenvalue weighted by molar-refractivity contribution is 0.0392. The monoisotopic (exact) mass is 458 g/mol. The Morgan fingerprint density at radius 2 is 1.85 bits per heavy atom. The molecular weight excluding hydrogens is 436 g/mol. The zero-order chi connectivity index (χ0) is 22.5. The van der Waals surface area contributed by atoms with Crippen LogP contribution in [0.5, 0.6) is 0 Å². The Morgan fingerprint density at radius 1 is 1.06 bits per heavy atom. The van der Waals surface area contributed by atoms with Gasteiger partial charge in [-0.1, -0.05) is 23.7 Å². The van der Waals surface area contributed by atoms with E-state index in [1.807, 2.05) is 58.8 Å². The van der Waals surface area contributed by atoms with Crippen LogP contribution in [0.25, 0.3) is 16.9 Å². The summed E-state index contributed by atoms with van der Waals surface area (Å²) in [5.41, 5.74) is 6.07. The van der Waals surface area contributed by atoms with Crippen molar-refractivity contribution in [2.24, 2.45) is 7.05 Å². The largest absolute Gasteiger partial charge is 0.327 e. The molecule has 2 aromatic heterocycles. The minimum atomic E-state index is -0.00309. The van der Waals surface area contributed by atoms with Crippen molar-refractivity contribution in [3.05, 3.63) is 83.0 Å². The highest BCUT2D eigenvalue weighted by Gasteiger charge is 2.43. The normalized spacial score (nSPS) is 19.4. The van der Waals surface area contributed by atoms with Crippen molar-refractivity contribution >= 4 is 17.5 Å². The lowest BCUT2D eigenvalue weighted by atomic mass is 9.81. The third-order valence-electron chi connectivity index (χ3n) is 6.84. The maximum atomic E-state index is 13.7. The second-order valence-corrected chi connectivity index (χ2v) is 9.22. The van der Waals surface area contributed by atoms with Gasteiger partial charge in [0.05, 0.1) is 17.4 Å². The van der Waals surface area contributed by atoms with Gasteiger partial charge in [0.15, 0.2) is 0 Å². The van der Waals surface area contributed by atoms with Gasteiger partial charge in [-0.15, -0.1) is 10.2 Å². The van der Waals surface area contributed by atoms with Crippen LogP contribution in [0.1, 0.15) is 46.9 Å². The highest BCUT2D eigenvalue weighted by atomic mass is 35.5. The van der Waals surface area contributed by atoms with Gasteiger partial charge in [0.1, 0.15) is 12.7 Å². The molecule has 33 heavy (non-hydrogen) atoms. The fourth-order valence-corrected chi connectivity index (χ4v) is 5.60. The Labute approximate surface area is 196 Å². The molecule has 2 aliphatic rings. The van der Waals surface area contributed by atoms with Gasteiger partial charge in [-0.3, -0.25) is 14.0 Å². The quantitative estimate of drug-likeness (QED) is 0.449. The van der Waals surface area contributed by atoms with Crippen molar-refractivity contribution in [3.8, 4) is 16.9 Å². The van der Waals surface area contributed by atoms with Crippen molar-refractivity contribution in [1.29, 1.82) is 0 Å². The molecule has 6 rings (SSSR count). The average Bonchev–Trinajstić information content (AvgIpc) is 3.46. The number of aryl methyl sites for hydroxylation is 1. The molecule has 2 bridgehead atoms. The number of nitrogens with zero attached hydrogens (tertiary/aromatic N) is 6. The number of carbonyl (C=O) groups is 1. The van der Waals surface area contributed by atoms with E-state index >= 15 is 0 Å². The zero-order valence-electron chi connectivity index (χ0n) is 18.2. The van der Waals surface area contributed by atoms with Crippen molar-refractivity contribution in [2.75, 3.05) is 0 Å². The molecule has 4 aromatic rings. The minimum Gasteiger partial charge on any atom is -0.327 e. The molecular formula is C25H23ClN6O. The summed E-state index contributed by atoms with van der Waals surface area (Å²) in [6, 6.07) is 15.7. The van der Waals surface area contributed by atoms with Crippen LogP contribution in [0.4, 0.5) is 0 Å². The summed E-state index contributed by atoms with van der Waals surface area (Å²) in [6.07, 6.45) is 7.14. The number of carbonyl (C=O) groups excluding carboxylic acids is 1. The highest BCUT2D eigenvalue weighted by Crippen LogP contribution is 2.45. The van der Waals surface area contributed by atoms with Crippen molar-refractivity contribution in [2.45, 2.75) is 37.8 Å². The molecule has 8 heteroatoms. The van der Waals surface area contributed by atoms with Crippen LogP contribution in [0.3, 0.4) is 0 Å². The summed E-state index contributed by atoms with van der Waals surface area (Å²) in [5, 5.41) is 13.3. The molecule has 2 aromatic carbocycles. The van der Waals surface area contributed by atoms with E-state index in [9.17, 15) is 4.79 Å². The number of aromatic nitrogens is 5. The molecule has 1 fully saturated rings. The Kier molecular flexibility index (Phi) is 4.80. The van der Waals surface area contributed by atoms with E-state index in [4.69, 9.17) is 16.7 Å². The number of hydrogen-bond donors (Lipinski definition) is 0. The van der Waals surface area contributed by atoms with Gasteiger partial charge in [-0.2, -0.15) is 5.10 Å². The Morgan fingerprint density at radius 3 is 2.61 bits per heavy atom. The molecule has 166 valence electrons. The molecule has 0 N–H and O–H groups in total. The van der Waals surface area contributed by atoms with Gasteiger partial charge in [-0.05, 0) is 62.1 Å². The predicted octanol–water partition coefficient (Wildman–Crippen LogP) is 4.61. The standard InChI is InChI=1S/C25H23ClN6O/c1-30-24(17-4-2-5-18(26)12-17)21-13-20-6-3-7-22(23(21)29-30)32(20)25(33)16-8-10-19(11-9-16)31-14-27-28-15-31/h2,4-5,8-12,14-15,20,22H,3,6-7,13H2,1H3/t20-,22+/m1/s1. The van der Waals surface area contributed by atoms with Gasteiger partial charge < -0.3 is 4.90 Å². The lowest BCUT2D eigenvalue weighted by Gasteiger charge is -2.45. The first kappa shape index (κ1) is 20.2. The van der Waals surface area contributed by atoms with Gasteiger partial charge in [0, 0.05) is 40.5 Å². The van der Waals surface area contributed by atoms with E-state index in [-0.39, 0.29) is 18.0 Å². The first-order valence-corrected chi connectivity index (χ1v) is 11.6. The van der Waals surface area contributed by atoms with Crippen LogP contribution in [-0.4, -0.2) is 41.4 Å². The number of hydrogen-bond acceptors (Lipinski definition) is 4. The minimum absolute atomic E-state index is 0.00309. The van der Waals surface area contributed by atoms with E-state index in [1.165, 1.54) is 5.56 Å². The van der Waals surface area contributed by atoms with E-state index in [0.29, 0.717) is 10.6 Å². The SMILES string of the molecule is Cn1nc2c(c1-c1cccc(Cl)c1)C[C@H]1CCC[C@@H]2N1C(=O)c1ccc(-n2cnnc2)cc1. The summed E-state index contributed by atoms with van der Waals surface area (Å²) >= 11 is 6.28. The second-order valence-electron chi connectivity index (χ2n) is 8.78. The van der Waals surface area contributed by atoms with E-state index < -0.39 is 0 Å². The summed E-state index contributed by atoms with van der Waals surface area (Å²) in [4.78, 5) is 15.7. The fourth-order valence-electron chi connectivity index (χ4n) is 5.41. The number of fused-ring (bicyclic) bond motifs is 4. The Bertz CT molecular complexity index is 1330. The summed E-state index contributed by atoms with van der Waals surface area (Å²) in [6.45, 7) is 0. The molecule has 1 saturated heterocycles. The van der Waals surface area contributed by atoms with Gasteiger partial charge in [0.25, 0.3) is 5.91 Å². The average molecular weight is 459 g/mol. The highest BCUT2D eigenvalue weighted by molar-refractivity contribution is 6.30.